The van der Waals surface area contributed by atoms with Crippen molar-refractivity contribution in [2.45, 2.75) is 26.3 Å². The van der Waals surface area contributed by atoms with Crippen LogP contribution in [0.15, 0.2) is 18.2 Å². The van der Waals surface area contributed by atoms with Gasteiger partial charge in [0.2, 0.25) is 0 Å². The van der Waals surface area contributed by atoms with Gasteiger partial charge in [0.15, 0.2) is 0 Å². The first-order valence-electron chi connectivity index (χ1n) is 6.70. The fourth-order valence-electron chi connectivity index (χ4n) is 2.80. The highest BCUT2D eigenvalue weighted by atomic mass is 16.6. The Hall–Kier alpha value is -1.95. The van der Waals surface area contributed by atoms with Crippen molar-refractivity contribution < 1.29 is 9.72 Å². The van der Waals surface area contributed by atoms with Gasteiger partial charge in [-0.2, -0.15) is 0 Å². The second-order valence-corrected chi connectivity index (χ2v) is 5.35. The minimum Gasteiger partial charge on any atom is -0.336 e. The molecule has 0 aliphatic carbocycles. The molecule has 1 aromatic carbocycles. The summed E-state index contributed by atoms with van der Waals surface area (Å²) in [6, 6.07) is 4.74. The molecule has 2 atom stereocenters. The van der Waals surface area contributed by atoms with E-state index in [4.69, 9.17) is 5.73 Å². The molecule has 2 N–H and O–H groups in total. The average molecular weight is 277 g/mol. The van der Waals surface area contributed by atoms with Gasteiger partial charge in [0.05, 0.1) is 4.92 Å². The number of carbonyl (C=O) groups excluding carboxylic acids is 1. The van der Waals surface area contributed by atoms with E-state index in [0.29, 0.717) is 30.1 Å². The molecule has 1 amide bonds. The minimum atomic E-state index is -0.456. The summed E-state index contributed by atoms with van der Waals surface area (Å²) in [7, 11) is 0. The lowest BCUT2D eigenvalue weighted by molar-refractivity contribution is -0.385. The second kappa shape index (κ2) is 5.58. The Bertz CT molecular complexity index is 544. The second-order valence-electron chi connectivity index (χ2n) is 5.35. The zero-order valence-corrected chi connectivity index (χ0v) is 11.7. The first kappa shape index (κ1) is 14.5. The molecule has 20 heavy (non-hydrogen) atoms. The third-order valence-electron chi connectivity index (χ3n) is 3.99. The summed E-state index contributed by atoms with van der Waals surface area (Å²) in [5.74, 6) is 0.169. The van der Waals surface area contributed by atoms with E-state index in [9.17, 15) is 14.9 Å². The molecule has 0 bridgehead atoms. The van der Waals surface area contributed by atoms with Crippen molar-refractivity contribution in [2.24, 2.45) is 11.7 Å². The number of nitro benzene ring substituents is 1. The van der Waals surface area contributed by atoms with Crippen LogP contribution in [0.4, 0.5) is 5.69 Å². The van der Waals surface area contributed by atoms with E-state index in [1.165, 1.54) is 6.07 Å². The van der Waals surface area contributed by atoms with Crippen LogP contribution < -0.4 is 5.73 Å². The molecule has 0 spiro atoms. The number of hydrogen-bond acceptors (Lipinski definition) is 4. The maximum Gasteiger partial charge on any atom is 0.273 e. The van der Waals surface area contributed by atoms with Crippen LogP contribution in [-0.4, -0.2) is 34.9 Å². The first-order valence-corrected chi connectivity index (χ1v) is 6.70. The standard InChI is InChI=1S/C14H19N3O3/c1-9-6-11(7-15)8-16(9)14(18)12-4-3-5-13(10(12)2)17(19)20/h3-5,9,11H,6-8,15H2,1-2H3. The number of likely N-dealkylation sites (tertiary alicyclic amines) is 1. The topological polar surface area (TPSA) is 89.5 Å². The van der Waals surface area contributed by atoms with Crippen molar-refractivity contribution in [1.82, 2.24) is 4.90 Å². The third-order valence-corrected chi connectivity index (χ3v) is 3.99. The van der Waals surface area contributed by atoms with Gasteiger partial charge >= 0.3 is 0 Å². The van der Waals surface area contributed by atoms with Crippen LogP contribution in [0.3, 0.4) is 0 Å². The number of amides is 1. The highest BCUT2D eigenvalue weighted by Gasteiger charge is 2.33. The summed E-state index contributed by atoms with van der Waals surface area (Å²) in [4.78, 5) is 24.8. The summed E-state index contributed by atoms with van der Waals surface area (Å²) >= 11 is 0. The predicted octanol–water partition coefficient (Wildman–Crippen LogP) is 1.71. The monoisotopic (exact) mass is 277 g/mol. The van der Waals surface area contributed by atoms with E-state index >= 15 is 0 Å². The van der Waals surface area contributed by atoms with Gasteiger partial charge in [-0.3, -0.25) is 14.9 Å². The Balaban J connectivity index is 2.30. The van der Waals surface area contributed by atoms with E-state index in [2.05, 4.69) is 0 Å². The van der Waals surface area contributed by atoms with Crippen molar-refractivity contribution in [1.29, 1.82) is 0 Å². The van der Waals surface area contributed by atoms with E-state index in [0.717, 1.165) is 6.42 Å². The molecule has 1 aliphatic rings. The van der Waals surface area contributed by atoms with Crippen molar-refractivity contribution in [2.75, 3.05) is 13.1 Å². The van der Waals surface area contributed by atoms with Crippen molar-refractivity contribution in [3.63, 3.8) is 0 Å². The van der Waals surface area contributed by atoms with Gasteiger partial charge in [-0.05, 0) is 38.8 Å². The number of nitrogens with two attached hydrogens (primary N) is 1. The minimum absolute atomic E-state index is 0.0157. The van der Waals surface area contributed by atoms with E-state index in [1.807, 2.05) is 6.92 Å². The SMILES string of the molecule is Cc1c(C(=O)N2CC(CN)CC2C)cccc1[N+](=O)[O-]. The molecule has 1 aromatic rings. The summed E-state index contributed by atoms with van der Waals surface area (Å²) in [6.45, 7) is 4.79. The number of nitro groups is 1. The molecular weight excluding hydrogens is 258 g/mol. The van der Waals surface area contributed by atoms with Crippen molar-refractivity contribution >= 4 is 11.6 Å². The fourth-order valence-corrected chi connectivity index (χ4v) is 2.80. The van der Waals surface area contributed by atoms with Gasteiger partial charge < -0.3 is 10.6 Å². The number of rotatable bonds is 3. The van der Waals surface area contributed by atoms with Crippen LogP contribution in [0.1, 0.15) is 29.3 Å². The molecule has 2 unspecified atom stereocenters. The summed E-state index contributed by atoms with van der Waals surface area (Å²) < 4.78 is 0. The Labute approximate surface area is 117 Å². The first-order chi connectivity index (χ1) is 9.45. The van der Waals surface area contributed by atoms with Gasteiger partial charge in [-0.1, -0.05) is 6.07 Å². The summed E-state index contributed by atoms with van der Waals surface area (Å²) in [5, 5.41) is 10.9. The zero-order chi connectivity index (χ0) is 14.9. The fraction of sp³-hybridized carbons (Fsp3) is 0.500. The number of hydrogen-bond donors (Lipinski definition) is 1. The van der Waals surface area contributed by atoms with Gasteiger partial charge in [0.25, 0.3) is 11.6 Å². The number of carbonyl (C=O) groups is 1. The molecular formula is C14H19N3O3. The van der Waals surface area contributed by atoms with E-state index < -0.39 is 4.92 Å². The molecule has 6 nitrogen and oxygen atoms in total. The zero-order valence-electron chi connectivity index (χ0n) is 11.7. The van der Waals surface area contributed by atoms with Crippen molar-refractivity contribution in [3.05, 3.63) is 39.4 Å². The molecule has 1 aliphatic heterocycles. The third kappa shape index (κ3) is 2.51. The lowest BCUT2D eigenvalue weighted by Crippen LogP contribution is -2.34. The average Bonchev–Trinajstić information content (AvgIpc) is 2.79. The molecule has 6 heteroatoms. The molecule has 1 saturated heterocycles. The van der Waals surface area contributed by atoms with Crippen LogP contribution >= 0.6 is 0 Å². The van der Waals surface area contributed by atoms with Crippen LogP contribution in [0.25, 0.3) is 0 Å². The van der Waals surface area contributed by atoms with Crippen LogP contribution in [0.5, 0.6) is 0 Å². The van der Waals surface area contributed by atoms with E-state index in [-0.39, 0.29) is 17.6 Å². The van der Waals surface area contributed by atoms with Gasteiger partial charge in [-0.15, -0.1) is 0 Å². The van der Waals surface area contributed by atoms with Crippen LogP contribution in [0, 0.1) is 23.0 Å². The smallest absolute Gasteiger partial charge is 0.273 e. The lowest BCUT2D eigenvalue weighted by Gasteiger charge is -2.22. The van der Waals surface area contributed by atoms with Crippen LogP contribution in [-0.2, 0) is 0 Å². The predicted molar refractivity (Wildman–Crippen MR) is 75.5 cm³/mol. The van der Waals surface area contributed by atoms with E-state index in [1.54, 1.807) is 24.0 Å². The molecule has 0 aromatic heterocycles. The van der Waals surface area contributed by atoms with Gasteiger partial charge in [0.1, 0.15) is 0 Å². The Morgan fingerprint density at radius 3 is 2.80 bits per heavy atom. The highest BCUT2D eigenvalue weighted by molar-refractivity contribution is 5.97. The number of nitrogens with zero attached hydrogens (tertiary/aromatic N) is 2. The normalized spacial score (nSPS) is 22.1. The molecule has 108 valence electrons. The summed E-state index contributed by atoms with van der Waals surface area (Å²) in [5.41, 5.74) is 6.48. The molecule has 0 radical (unpaired) electrons. The molecule has 2 rings (SSSR count). The van der Waals surface area contributed by atoms with Gasteiger partial charge in [-0.25, -0.2) is 0 Å². The maximum absolute atomic E-state index is 12.6. The molecule has 1 fully saturated rings. The van der Waals surface area contributed by atoms with Crippen molar-refractivity contribution in [3.8, 4) is 0 Å². The summed E-state index contributed by atoms with van der Waals surface area (Å²) in [6.07, 6.45) is 0.885. The largest absolute Gasteiger partial charge is 0.336 e. The lowest BCUT2D eigenvalue weighted by atomic mass is 10.1. The highest BCUT2D eigenvalue weighted by Crippen LogP contribution is 2.27. The Kier molecular flexibility index (Phi) is 4.04. The van der Waals surface area contributed by atoms with Gasteiger partial charge in [0, 0.05) is 29.8 Å². The molecule has 0 saturated carbocycles. The van der Waals surface area contributed by atoms with Crippen LogP contribution in [0.2, 0.25) is 0 Å². The Morgan fingerprint density at radius 1 is 1.55 bits per heavy atom. The quantitative estimate of drug-likeness (QED) is 0.672. The molecule has 1 heterocycles. The number of benzene rings is 1. The maximum atomic E-state index is 12.6. The Morgan fingerprint density at radius 2 is 2.25 bits per heavy atom.